The highest BCUT2D eigenvalue weighted by Crippen LogP contribution is 2.47. The molecule has 8 unspecified atom stereocenters. The molecular weight excluding hydrogens is 609 g/mol. The molecule has 0 aromatic heterocycles. The van der Waals surface area contributed by atoms with Crippen molar-refractivity contribution in [2.45, 2.75) is 171 Å². The molecule has 1 rings (SSSR count). The molecule has 1 aliphatic carbocycles. The molecule has 45 heavy (non-hydrogen) atoms. The second-order valence-corrected chi connectivity index (χ2v) is 13.6. The standard InChI is InChI=1S/C31H60NO12P/c1-3-5-7-8-9-10-11-12-13-14-15-17-18-22(33)20-25(35)32-23(24(34)19-16-6-4-2)21-43-45(41,42)44-31-29(39)27(37)26(36)28(38)30(31)40/h16,19,22-24,26-31,33-34,36-40H,3-15,17-18,20-21H2,1-2H3,(H,32,35)(H,41,42)/b19-16+. The van der Waals surface area contributed by atoms with E-state index in [0.717, 1.165) is 32.1 Å². The van der Waals surface area contributed by atoms with E-state index in [4.69, 9.17) is 9.05 Å². The number of allylic oxidation sites excluding steroid dienone is 1. The molecule has 14 heteroatoms. The predicted molar refractivity (Wildman–Crippen MR) is 169 cm³/mol. The first-order valence-corrected chi connectivity index (χ1v) is 18.2. The van der Waals surface area contributed by atoms with E-state index < -0.39 is 75.2 Å². The second-order valence-electron chi connectivity index (χ2n) is 12.2. The zero-order valence-corrected chi connectivity index (χ0v) is 27.9. The van der Waals surface area contributed by atoms with Gasteiger partial charge in [-0.15, -0.1) is 0 Å². The van der Waals surface area contributed by atoms with Gasteiger partial charge in [-0.05, 0) is 12.8 Å². The summed E-state index contributed by atoms with van der Waals surface area (Å²) >= 11 is 0. The Hall–Kier alpha value is -0.960. The Labute approximate surface area is 268 Å². The Morgan fingerprint density at radius 3 is 1.78 bits per heavy atom. The number of aliphatic hydroxyl groups excluding tert-OH is 7. The Balaban J connectivity index is 2.54. The molecule has 266 valence electrons. The quantitative estimate of drug-likeness (QED) is 0.0388. The first-order chi connectivity index (χ1) is 21.3. The minimum absolute atomic E-state index is 0.244. The van der Waals surface area contributed by atoms with Crippen LogP contribution in [-0.4, -0.2) is 108 Å². The highest BCUT2D eigenvalue weighted by molar-refractivity contribution is 7.47. The number of aliphatic hydroxyl groups is 7. The summed E-state index contributed by atoms with van der Waals surface area (Å²) in [5.74, 6) is -0.606. The van der Waals surface area contributed by atoms with Crippen LogP contribution in [-0.2, 0) is 18.4 Å². The maximum atomic E-state index is 12.7. The van der Waals surface area contributed by atoms with Crippen molar-refractivity contribution in [1.82, 2.24) is 5.32 Å². The lowest BCUT2D eigenvalue weighted by Gasteiger charge is -2.41. The van der Waals surface area contributed by atoms with Crippen molar-refractivity contribution in [3.05, 3.63) is 12.2 Å². The fourth-order valence-electron chi connectivity index (χ4n) is 5.25. The molecule has 0 aromatic rings. The van der Waals surface area contributed by atoms with E-state index in [1.165, 1.54) is 57.4 Å². The van der Waals surface area contributed by atoms with E-state index in [1.807, 2.05) is 6.92 Å². The van der Waals surface area contributed by atoms with Crippen LogP contribution >= 0.6 is 7.82 Å². The van der Waals surface area contributed by atoms with E-state index in [1.54, 1.807) is 6.08 Å². The van der Waals surface area contributed by atoms with Crippen LogP contribution < -0.4 is 5.32 Å². The highest BCUT2D eigenvalue weighted by atomic mass is 31.2. The molecule has 13 nitrogen and oxygen atoms in total. The Bertz CT molecular complexity index is 848. The van der Waals surface area contributed by atoms with E-state index in [2.05, 4.69) is 12.2 Å². The molecule has 8 atom stereocenters. The first-order valence-electron chi connectivity index (χ1n) is 16.7. The maximum Gasteiger partial charge on any atom is 0.472 e. The van der Waals surface area contributed by atoms with Crippen molar-refractivity contribution in [1.29, 1.82) is 0 Å². The van der Waals surface area contributed by atoms with Gasteiger partial charge in [0.2, 0.25) is 5.91 Å². The van der Waals surface area contributed by atoms with Crippen LogP contribution in [0.1, 0.15) is 117 Å². The van der Waals surface area contributed by atoms with Gasteiger partial charge in [0, 0.05) is 0 Å². The van der Waals surface area contributed by atoms with E-state index in [9.17, 15) is 50.0 Å². The van der Waals surface area contributed by atoms with Crippen molar-refractivity contribution in [2.24, 2.45) is 0 Å². The molecular formula is C31H60NO12P. The molecule has 0 bridgehead atoms. The average molecular weight is 670 g/mol. The van der Waals surface area contributed by atoms with Crippen LogP contribution in [0.2, 0.25) is 0 Å². The molecule has 0 aliphatic heterocycles. The zero-order chi connectivity index (χ0) is 33.8. The van der Waals surface area contributed by atoms with Gasteiger partial charge >= 0.3 is 7.82 Å². The number of phosphoric ester groups is 1. The molecule has 0 aromatic carbocycles. The van der Waals surface area contributed by atoms with Crippen molar-refractivity contribution in [2.75, 3.05) is 6.61 Å². The normalized spacial score (nSPS) is 27.2. The fraction of sp³-hybridized carbons (Fsp3) is 0.903. The molecule has 1 amide bonds. The zero-order valence-electron chi connectivity index (χ0n) is 27.0. The Kier molecular flexibility index (Phi) is 21.9. The summed E-state index contributed by atoms with van der Waals surface area (Å²) in [6, 6.07) is -1.23. The third-order valence-corrected chi connectivity index (χ3v) is 9.09. The number of amides is 1. The smallest absolute Gasteiger partial charge is 0.393 e. The number of rotatable bonds is 25. The molecule has 0 spiro atoms. The maximum absolute atomic E-state index is 12.7. The Morgan fingerprint density at radius 1 is 0.778 bits per heavy atom. The molecule has 1 fully saturated rings. The van der Waals surface area contributed by atoms with Crippen LogP contribution in [0.25, 0.3) is 0 Å². The largest absolute Gasteiger partial charge is 0.472 e. The number of hydrogen-bond donors (Lipinski definition) is 9. The SMILES string of the molecule is CCC/C=C/C(O)C(COP(=O)(O)OC1C(O)C(O)C(O)C(O)C1O)NC(=O)CC(O)CCCCCCCCCCCCCC. The third-order valence-electron chi connectivity index (χ3n) is 8.10. The topological polar surface area (TPSA) is 226 Å². The summed E-state index contributed by atoms with van der Waals surface area (Å²) < 4.78 is 22.4. The van der Waals surface area contributed by atoms with Gasteiger partial charge in [-0.1, -0.05) is 109 Å². The molecule has 9 N–H and O–H groups in total. The number of hydrogen-bond acceptors (Lipinski definition) is 11. The first kappa shape index (κ1) is 42.1. The van der Waals surface area contributed by atoms with Gasteiger partial charge < -0.3 is 46.0 Å². The summed E-state index contributed by atoms with van der Waals surface area (Å²) in [6.45, 7) is 3.41. The van der Waals surface area contributed by atoms with Gasteiger partial charge in [0.05, 0.1) is 31.3 Å². The lowest BCUT2D eigenvalue weighted by Crippen LogP contribution is -2.64. The van der Waals surface area contributed by atoms with Gasteiger partial charge in [-0.3, -0.25) is 13.8 Å². The predicted octanol–water partition coefficient (Wildman–Crippen LogP) is 2.35. The van der Waals surface area contributed by atoms with Crippen molar-refractivity contribution >= 4 is 13.7 Å². The number of carbonyl (C=O) groups excluding carboxylic acids is 1. The highest BCUT2D eigenvalue weighted by Gasteiger charge is 2.51. The van der Waals surface area contributed by atoms with Gasteiger partial charge in [0.1, 0.15) is 36.6 Å². The monoisotopic (exact) mass is 669 g/mol. The average Bonchev–Trinajstić information content (AvgIpc) is 3.00. The van der Waals surface area contributed by atoms with E-state index in [-0.39, 0.29) is 6.42 Å². The Morgan fingerprint density at radius 2 is 1.27 bits per heavy atom. The van der Waals surface area contributed by atoms with Gasteiger partial charge in [-0.2, -0.15) is 0 Å². The lowest BCUT2D eigenvalue weighted by molar-refractivity contribution is -0.220. The minimum atomic E-state index is -5.10. The van der Waals surface area contributed by atoms with Crippen LogP contribution in [0.15, 0.2) is 12.2 Å². The lowest BCUT2D eigenvalue weighted by atomic mass is 9.85. The van der Waals surface area contributed by atoms with Crippen LogP contribution in [0.5, 0.6) is 0 Å². The fourth-order valence-corrected chi connectivity index (χ4v) is 6.21. The van der Waals surface area contributed by atoms with E-state index >= 15 is 0 Å². The molecule has 1 aliphatic rings. The van der Waals surface area contributed by atoms with Crippen molar-refractivity contribution in [3.8, 4) is 0 Å². The van der Waals surface area contributed by atoms with Crippen molar-refractivity contribution < 1.29 is 59.0 Å². The second kappa shape index (κ2) is 23.4. The summed E-state index contributed by atoms with van der Waals surface area (Å²) in [6.07, 6.45) is 4.69. The van der Waals surface area contributed by atoms with Crippen molar-refractivity contribution in [3.63, 3.8) is 0 Å². The number of unbranched alkanes of at least 4 members (excludes halogenated alkanes) is 12. The molecule has 0 radical (unpaired) electrons. The van der Waals surface area contributed by atoms with E-state index in [0.29, 0.717) is 12.8 Å². The van der Waals surface area contributed by atoms with Crippen LogP contribution in [0.3, 0.4) is 0 Å². The summed E-state index contributed by atoms with van der Waals surface area (Å²) in [7, 11) is -5.10. The minimum Gasteiger partial charge on any atom is -0.393 e. The molecule has 0 saturated heterocycles. The number of nitrogens with one attached hydrogen (secondary N) is 1. The van der Waals surface area contributed by atoms with Gasteiger partial charge in [-0.25, -0.2) is 4.57 Å². The number of carbonyl (C=O) groups is 1. The molecule has 0 heterocycles. The number of phosphoric acid groups is 1. The van der Waals surface area contributed by atoms with Gasteiger partial charge in [0.25, 0.3) is 0 Å². The van der Waals surface area contributed by atoms with Crippen LogP contribution in [0.4, 0.5) is 0 Å². The third kappa shape index (κ3) is 17.1. The summed E-state index contributed by atoms with van der Waals surface area (Å²) in [5, 5.41) is 73.0. The molecule has 1 saturated carbocycles. The summed E-state index contributed by atoms with van der Waals surface area (Å²) in [4.78, 5) is 22.9. The summed E-state index contributed by atoms with van der Waals surface area (Å²) in [5.41, 5.74) is 0. The van der Waals surface area contributed by atoms with Gasteiger partial charge in [0.15, 0.2) is 0 Å². The van der Waals surface area contributed by atoms with Crippen LogP contribution in [0, 0.1) is 0 Å².